The van der Waals surface area contributed by atoms with Gasteiger partial charge in [-0.1, -0.05) is 48.5 Å². The molecule has 0 heterocycles. The van der Waals surface area contributed by atoms with Crippen molar-refractivity contribution >= 4 is 22.7 Å². The van der Waals surface area contributed by atoms with Gasteiger partial charge in [0.1, 0.15) is 6.61 Å². The van der Waals surface area contributed by atoms with Gasteiger partial charge in [0, 0.05) is 0 Å². The van der Waals surface area contributed by atoms with Crippen LogP contribution in [0.15, 0.2) is 66.7 Å². The first-order chi connectivity index (χ1) is 12.2. The highest BCUT2D eigenvalue weighted by atomic mass is 16.5. The van der Waals surface area contributed by atoms with Gasteiger partial charge in [0.25, 0.3) is 0 Å². The Balaban J connectivity index is 1.69. The van der Waals surface area contributed by atoms with Gasteiger partial charge >= 0.3 is 11.9 Å². The predicted octanol–water partition coefficient (Wildman–Crippen LogP) is 4.37. The Morgan fingerprint density at radius 2 is 1.52 bits per heavy atom. The van der Waals surface area contributed by atoms with Crippen molar-refractivity contribution in [2.24, 2.45) is 0 Å². The third-order valence-corrected chi connectivity index (χ3v) is 3.84. The number of hydrogen-bond donors (Lipinski definition) is 0. The van der Waals surface area contributed by atoms with Crippen LogP contribution in [-0.2, 0) is 16.1 Å². The number of carbonyl (C=O) groups excluding carboxylic acids is 2. The largest absolute Gasteiger partial charge is 0.462 e. The number of rotatable bonds is 5. The SMILES string of the molecule is CCOC(=O)c1ccc(COC(=O)c2cccc3ccccc23)cc1. The van der Waals surface area contributed by atoms with Gasteiger partial charge in [-0.25, -0.2) is 9.59 Å². The Bertz CT molecular complexity index is 892. The molecule has 25 heavy (non-hydrogen) atoms. The monoisotopic (exact) mass is 334 g/mol. The minimum atomic E-state index is -0.369. The van der Waals surface area contributed by atoms with Gasteiger partial charge in [-0.15, -0.1) is 0 Å². The number of fused-ring (bicyclic) bond motifs is 1. The molecular formula is C21H18O4. The van der Waals surface area contributed by atoms with Crippen molar-refractivity contribution in [1.29, 1.82) is 0 Å². The maximum atomic E-state index is 12.4. The molecule has 0 aliphatic rings. The lowest BCUT2D eigenvalue weighted by Gasteiger charge is -2.08. The topological polar surface area (TPSA) is 52.6 Å². The lowest BCUT2D eigenvalue weighted by Crippen LogP contribution is -2.07. The molecule has 126 valence electrons. The quantitative estimate of drug-likeness (QED) is 0.650. The zero-order valence-corrected chi connectivity index (χ0v) is 13.9. The zero-order chi connectivity index (χ0) is 17.6. The molecule has 3 aromatic carbocycles. The normalized spacial score (nSPS) is 10.4. The molecule has 0 radical (unpaired) electrons. The van der Waals surface area contributed by atoms with E-state index in [9.17, 15) is 9.59 Å². The molecule has 0 fully saturated rings. The summed E-state index contributed by atoms with van der Waals surface area (Å²) in [4.78, 5) is 24.0. The molecule has 0 spiro atoms. The molecule has 0 aliphatic carbocycles. The van der Waals surface area contributed by atoms with Crippen molar-refractivity contribution in [3.63, 3.8) is 0 Å². The van der Waals surface area contributed by atoms with Crippen molar-refractivity contribution in [2.45, 2.75) is 13.5 Å². The van der Waals surface area contributed by atoms with Gasteiger partial charge in [0.2, 0.25) is 0 Å². The molecule has 3 rings (SSSR count). The summed E-state index contributed by atoms with van der Waals surface area (Å²) in [6.07, 6.45) is 0. The van der Waals surface area contributed by atoms with E-state index in [4.69, 9.17) is 9.47 Å². The van der Waals surface area contributed by atoms with E-state index in [2.05, 4.69) is 0 Å². The van der Waals surface area contributed by atoms with E-state index in [1.807, 2.05) is 36.4 Å². The first kappa shape index (κ1) is 16.7. The lowest BCUT2D eigenvalue weighted by molar-refractivity contribution is 0.0471. The standard InChI is InChI=1S/C21H18O4/c1-2-24-20(22)17-12-10-15(11-13-17)14-25-21(23)19-9-5-7-16-6-3-4-8-18(16)19/h3-13H,2,14H2,1H3. The molecule has 0 aliphatic heterocycles. The van der Waals surface area contributed by atoms with E-state index in [1.165, 1.54) is 0 Å². The van der Waals surface area contributed by atoms with E-state index in [0.29, 0.717) is 17.7 Å². The van der Waals surface area contributed by atoms with Crippen molar-refractivity contribution in [3.8, 4) is 0 Å². The summed E-state index contributed by atoms with van der Waals surface area (Å²) in [5.41, 5.74) is 1.83. The van der Waals surface area contributed by atoms with Gasteiger partial charge in [-0.2, -0.15) is 0 Å². The van der Waals surface area contributed by atoms with Gasteiger partial charge in [0.05, 0.1) is 17.7 Å². The van der Waals surface area contributed by atoms with Crippen molar-refractivity contribution in [2.75, 3.05) is 6.61 Å². The molecule has 0 saturated carbocycles. The predicted molar refractivity (Wildman–Crippen MR) is 95.5 cm³/mol. The first-order valence-corrected chi connectivity index (χ1v) is 8.10. The van der Waals surface area contributed by atoms with Gasteiger partial charge < -0.3 is 9.47 Å². The van der Waals surface area contributed by atoms with Crippen LogP contribution in [-0.4, -0.2) is 18.5 Å². The summed E-state index contributed by atoms with van der Waals surface area (Å²) >= 11 is 0. The minimum Gasteiger partial charge on any atom is -0.462 e. The van der Waals surface area contributed by atoms with Crippen LogP contribution in [0.5, 0.6) is 0 Å². The number of carbonyl (C=O) groups is 2. The second kappa shape index (κ2) is 7.62. The molecular weight excluding hydrogens is 316 g/mol. The molecule has 4 heteroatoms. The lowest BCUT2D eigenvalue weighted by atomic mass is 10.0. The number of ether oxygens (including phenoxy) is 2. The van der Waals surface area contributed by atoms with Crippen LogP contribution in [0.4, 0.5) is 0 Å². The highest BCUT2D eigenvalue weighted by molar-refractivity contribution is 6.04. The smallest absolute Gasteiger partial charge is 0.339 e. The molecule has 0 unspecified atom stereocenters. The summed E-state index contributed by atoms with van der Waals surface area (Å²) in [6, 6.07) is 20.1. The van der Waals surface area contributed by atoms with Gasteiger partial charge in [-0.05, 0) is 41.5 Å². The first-order valence-electron chi connectivity index (χ1n) is 8.10. The second-order valence-electron chi connectivity index (χ2n) is 5.52. The van der Waals surface area contributed by atoms with Crippen molar-refractivity contribution in [3.05, 3.63) is 83.4 Å². The summed E-state index contributed by atoms with van der Waals surface area (Å²) in [6.45, 7) is 2.24. The van der Waals surface area contributed by atoms with Crippen LogP contribution in [0.3, 0.4) is 0 Å². The van der Waals surface area contributed by atoms with E-state index < -0.39 is 0 Å². The molecule has 0 aromatic heterocycles. The molecule has 0 bridgehead atoms. The van der Waals surface area contributed by atoms with Crippen LogP contribution < -0.4 is 0 Å². The molecule has 0 saturated heterocycles. The second-order valence-corrected chi connectivity index (χ2v) is 5.52. The molecule has 0 atom stereocenters. The van der Waals surface area contributed by atoms with Crippen LogP contribution >= 0.6 is 0 Å². The highest BCUT2D eigenvalue weighted by Crippen LogP contribution is 2.19. The third-order valence-electron chi connectivity index (χ3n) is 3.84. The summed E-state index contributed by atoms with van der Waals surface area (Å²) in [7, 11) is 0. The summed E-state index contributed by atoms with van der Waals surface area (Å²) in [5, 5.41) is 1.86. The average Bonchev–Trinajstić information content (AvgIpc) is 2.66. The van der Waals surface area contributed by atoms with Crippen LogP contribution in [0.25, 0.3) is 10.8 Å². The van der Waals surface area contributed by atoms with Crippen molar-refractivity contribution < 1.29 is 19.1 Å². The Morgan fingerprint density at radius 1 is 0.800 bits per heavy atom. The maximum absolute atomic E-state index is 12.4. The number of benzene rings is 3. The molecule has 4 nitrogen and oxygen atoms in total. The molecule has 0 amide bonds. The van der Waals surface area contributed by atoms with E-state index in [-0.39, 0.29) is 18.5 Å². The highest BCUT2D eigenvalue weighted by Gasteiger charge is 2.12. The van der Waals surface area contributed by atoms with Crippen LogP contribution in [0, 0.1) is 0 Å². The fourth-order valence-corrected chi connectivity index (χ4v) is 2.58. The van der Waals surface area contributed by atoms with Crippen molar-refractivity contribution in [1.82, 2.24) is 0 Å². The Morgan fingerprint density at radius 3 is 2.28 bits per heavy atom. The van der Waals surface area contributed by atoms with E-state index >= 15 is 0 Å². The van der Waals surface area contributed by atoms with Gasteiger partial charge in [0.15, 0.2) is 0 Å². The van der Waals surface area contributed by atoms with Crippen LogP contribution in [0.2, 0.25) is 0 Å². The fourth-order valence-electron chi connectivity index (χ4n) is 2.58. The Hall–Kier alpha value is -3.14. The van der Waals surface area contributed by atoms with E-state index in [1.54, 1.807) is 37.3 Å². The maximum Gasteiger partial charge on any atom is 0.339 e. The van der Waals surface area contributed by atoms with E-state index in [0.717, 1.165) is 16.3 Å². The number of hydrogen-bond acceptors (Lipinski definition) is 4. The van der Waals surface area contributed by atoms with Crippen LogP contribution in [0.1, 0.15) is 33.2 Å². The minimum absolute atomic E-state index is 0.144. The third kappa shape index (κ3) is 3.86. The average molecular weight is 334 g/mol. The Labute approximate surface area is 146 Å². The summed E-state index contributed by atoms with van der Waals surface area (Å²) < 4.78 is 10.4. The molecule has 0 N–H and O–H groups in total. The zero-order valence-electron chi connectivity index (χ0n) is 13.9. The number of esters is 2. The Kier molecular flexibility index (Phi) is 5.09. The van der Waals surface area contributed by atoms with Gasteiger partial charge in [-0.3, -0.25) is 0 Å². The summed E-state index contributed by atoms with van der Waals surface area (Å²) in [5.74, 6) is -0.729. The fraction of sp³-hybridized carbons (Fsp3) is 0.143. The molecule has 3 aromatic rings.